The predicted octanol–water partition coefficient (Wildman–Crippen LogP) is 1.45. The van der Waals surface area contributed by atoms with Crippen molar-refractivity contribution in [2.45, 2.75) is 90.6 Å². The maximum atomic E-state index is 13.9. The molecule has 0 aliphatic carbocycles. The van der Waals surface area contributed by atoms with E-state index in [1.807, 2.05) is 46.7 Å². The van der Waals surface area contributed by atoms with E-state index in [-0.39, 0.29) is 48.6 Å². The van der Waals surface area contributed by atoms with Crippen molar-refractivity contribution in [3.63, 3.8) is 0 Å². The normalized spacial score (nSPS) is 19.0. The molecule has 0 bridgehead atoms. The number of likely N-dealkylation sites (tertiary alicyclic amines) is 1. The van der Waals surface area contributed by atoms with E-state index in [0.29, 0.717) is 25.9 Å². The predicted molar refractivity (Wildman–Crippen MR) is 176 cm³/mol. The molecule has 1 aliphatic heterocycles. The monoisotopic (exact) mass is 653 g/mol. The number of rotatable bonds is 19. The van der Waals surface area contributed by atoms with Gasteiger partial charge in [-0.1, -0.05) is 33.3 Å². The van der Waals surface area contributed by atoms with Gasteiger partial charge in [0.2, 0.25) is 23.6 Å². The quantitative estimate of drug-likeness (QED) is 0.156. The Morgan fingerprint density at radius 3 is 2.20 bits per heavy atom. The van der Waals surface area contributed by atoms with Crippen molar-refractivity contribution in [3.8, 4) is 0 Å². The molecule has 4 amide bonds. The van der Waals surface area contributed by atoms with Crippen LogP contribution in [0.1, 0.15) is 60.3 Å². The summed E-state index contributed by atoms with van der Waals surface area (Å²) in [6, 6.07) is -1.81. The van der Waals surface area contributed by atoms with E-state index >= 15 is 0 Å². The molecule has 1 heterocycles. The minimum atomic E-state index is -0.962. The second-order valence-corrected chi connectivity index (χ2v) is 13.2. The second kappa shape index (κ2) is 19.0. The zero-order valence-electron chi connectivity index (χ0n) is 29.9. The van der Waals surface area contributed by atoms with E-state index in [4.69, 9.17) is 9.47 Å². The van der Waals surface area contributed by atoms with Crippen molar-refractivity contribution in [1.29, 1.82) is 0 Å². The number of carbonyl (C=O) groups excluding carboxylic acids is 5. The number of nitrogens with zero attached hydrogens (tertiary/aromatic N) is 3. The number of likely N-dealkylation sites (N-methyl/N-ethyl adjacent to an activating group) is 1. The van der Waals surface area contributed by atoms with Gasteiger partial charge in [-0.3, -0.25) is 24.0 Å². The second-order valence-electron chi connectivity index (χ2n) is 13.2. The Hall–Kier alpha value is -3.03. The Kier molecular flexibility index (Phi) is 16.9. The molecule has 2 N–H and O–H groups in total. The van der Waals surface area contributed by atoms with Gasteiger partial charge in [0.05, 0.1) is 49.2 Å². The molecule has 1 fully saturated rings. The van der Waals surface area contributed by atoms with Crippen LogP contribution in [0.2, 0.25) is 0 Å². The number of esters is 1. The molecule has 1 saturated heterocycles. The molecule has 0 aromatic rings. The zero-order chi connectivity index (χ0) is 35.4. The van der Waals surface area contributed by atoms with Crippen LogP contribution in [0.25, 0.3) is 0 Å². The summed E-state index contributed by atoms with van der Waals surface area (Å²) in [5.41, 5.74) is -0.743. The van der Waals surface area contributed by atoms with Crippen LogP contribution >= 0.6 is 0 Å². The van der Waals surface area contributed by atoms with Gasteiger partial charge in [0.15, 0.2) is 0 Å². The van der Waals surface area contributed by atoms with E-state index < -0.39 is 41.6 Å². The zero-order valence-corrected chi connectivity index (χ0v) is 29.9. The van der Waals surface area contributed by atoms with Crippen molar-refractivity contribution in [2.75, 3.05) is 62.1 Å². The number of methoxy groups -OCH3 is 3. The maximum Gasteiger partial charge on any atom is 0.325 e. The van der Waals surface area contributed by atoms with Crippen molar-refractivity contribution in [2.24, 2.45) is 17.3 Å². The van der Waals surface area contributed by atoms with Gasteiger partial charge in [-0.2, -0.15) is 0 Å². The fraction of sp³-hybridized carbons (Fsp3) is 0.788. The number of ether oxygens (including phenoxy) is 3. The third kappa shape index (κ3) is 11.0. The van der Waals surface area contributed by atoms with E-state index in [1.54, 1.807) is 23.8 Å². The Balaban J connectivity index is 3.17. The first-order valence-electron chi connectivity index (χ1n) is 16.1. The molecule has 264 valence electrons. The summed E-state index contributed by atoms with van der Waals surface area (Å²) < 4.78 is 16.3. The molecule has 46 heavy (non-hydrogen) atoms. The Bertz CT molecular complexity index is 1050. The van der Waals surface area contributed by atoms with Crippen LogP contribution < -0.4 is 10.6 Å². The first-order valence-corrected chi connectivity index (χ1v) is 16.1. The highest BCUT2D eigenvalue weighted by molar-refractivity contribution is 5.91. The van der Waals surface area contributed by atoms with Gasteiger partial charge in [0, 0.05) is 34.4 Å². The molecule has 0 aromatic heterocycles. The summed E-state index contributed by atoms with van der Waals surface area (Å²) in [5.74, 6) is -2.42. The lowest BCUT2D eigenvalue weighted by molar-refractivity contribution is -0.147. The van der Waals surface area contributed by atoms with E-state index in [2.05, 4.69) is 21.9 Å². The van der Waals surface area contributed by atoms with Crippen molar-refractivity contribution in [1.82, 2.24) is 25.3 Å². The van der Waals surface area contributed by atoms with Gasteiger partial charge in [-0.25, -0.2) is 0 Å². The molecule has 1 rings (SSSR count). The molecule has 0 unspecified atom stereocenters. The van der Waals surface area contributed by atoms with Gasteiger partial charge in [-0.05, 0) is 46.7 Å². The lowest BCUT2D eigenvalue weighted by Crippen LogP contribution is -2.57. The average Bonchev–Trinajstić information content (AvgIpc) is 3.50. The minimum Gasteiger partial charge on any atom is -0.468 e. The first-order chi connectivity index (χ1) is 21.5. The van der Waals surface area contributed by atoms with Crippen LogP contribution in [0, 0.1) is 17.3 Å². The topological polar surface area (TPSA) is 147 Å². The molecule has 0 saturated carbocycles. The highest BCUT2D eigenvalue weighted by Gasteiger charge is 2.42. The lowest BCUT2D eigenvalue weighted by Gasteiger charge is -2.40. The number of nitrogens with one attached hydrogen (secondary N) is 2. The molecular weight excluding hydrogens is 594 g/mol. The minimum absolute atomic E-state index is 0.0000398. The molecule has 0 spiro atoms. The Morgan fingerprint density at radius 1 is 1.07 bits per heavy atom. The average molecular weight is 654 g/mol. The van der Waals surface area contributed by atoms with Crippen LogP contribution in [-0.4, -0.2) is 137 Å². The third-order valence-corrected chi connectivity index (χ3v) is 9.01. The molecule has 0 aromatic carbocycles. The van der Waals surface area contributed by atoms with Gasteiger partial charge in [-0.15, -0.1) is 6.58 Å². The van der Waals surface area contributed by atoms with E-state index in [0.717, 1.165) is 6.42 Å². The number of hydrogen-bond acceptors (Lipinski definition) is 9. The smallest absolute Gasteiger partial charge is 0.325 e. The molecule has 13 nitrogen and oxygen atoms in total. The number of amides is 4. The van der Waals surface area contributed by atoms with Crippen LogP contribution in [-0.2, 0) is 38.2 Å². The Labute approximate surface area is 275 Å². The standard InChI is InChI=1S/C33H59N5O8/c1-13-21(3)28(37(9)31(42)23(14-2)35-32(43)33(5,6)20-36(7)8)25(44-10)18-26(39)38-17-15-16-24(38)29(46-12)22(4)30(41)34-19-27(40)45-11/h14,21-25,28-29H,2,13,15-20H2,1,3-12H3,(H,34,41)(H,35,43)/t21-,22+,23-,24-,25+,28-,29+/m0/s1. The highest BCUT2D eigenvalue weighted by Crippen LogP contribution is 2.29. The van der Waals surface area contributed by atoms with Crippen molar-refractivity contribution in [3.05, 3.63) is 12.7 Å². The largest absolute Gasteiger partial charge is 0.468 e. The summed E-state index contributed by atoms with van der Waals surface area (Å²) in [4.78, 5) is 70.4. The SMILES string of the molecule is C=C[C@H](NC(=O)C(C)(C)CN(C)C)C(=O)N(C)[C@@H]([C@@H](C)CC)[C@@H](CC(=O)N1CCC[C@H]1[C@H](OC)[C@@H](C)C(=O)NCC(=O)OC)OC. The highest BCUT2D eigenvalue weighted by atomic mass is 16.5. The fourth-order valence-electron chi connectivity index (χ4n) is 6.34. The van der Waals surface area contributed by atoms with Crippen molar-refractivity contribution >= 4 is 29.6 Å². The summed E-state index contributed by atoms with van der Waals surface area (Å²) in [5, 5.41) is 5.41. The third-order valence-electron chi connectivity index (χ3n) is 9.01. The summed E-state index contributed by atoms with van der Waals surface area (Å²) in [6.45, 7) is 13.9. The Morgan fingerprint density at radius 2 is 1.70 bits per heavy atom. The van der Waals surface area contributed by atoms with Crippen LogP contribution in [0.15, 0.2) is 12.7 Å². The maximum absolute atomic E-state index is 13.9. The molecule has 1 aliphatic rings. The van der Waals surface area contributed by atoms with Gasteiger partial charge < -0.3 is 39.5 Å². The van der Waals surface area contributed by atoms with Crippen molar-refractivity contribution < 1.29 is 38.2 Å². The van der Waals surface area contributed by atoms with Gasteiger partial charge in [0.1, 0.15) is 12.6 Å². The number of carbonyl (C=O) groups is 5. The molecule has 13 heteroatoms. The fourth-order valence-corrected chi connectivity index (χ4v) is 6.34. The lowest BCUT2D eigenvalue weighted by atomic mass is 9.89. The molecule has 7 atom stereocenters. The van der Waals surface area contributed by atoms with Crippen LogP contribution in [0.5, 0.6) is 0 Å². The number of hydrogen-bond donors (Lipinski definition) is 2. The molecular formula is C33H59N5O8. The summed E-state index contributed by atoms with van der Waals surface area (Å²) in [6.07, 6.45) is 2.27. The van der Waals surface area contributed by atoms with Gasteiger partial charge >= 0.3 is 5.97 Å². The van der Waals surface area contributed by atoms with Gasteiger partial charge in [0.25, 0.3) is 0 Å². The summed E-state index contributed by atoms with van der Waals surface area (Å²) >= 11 is 0. The van der Waals surface area contributed by atoms with Crippen LogP contribution in [0.3, 0.4) is 0 Å². The van der Waals surface area contributed by atoms with E-state index in [9.17, 15) is 24.0 Å². The van der Waals surface area contributed by atoms with E-state index in [1.165, 1.54) is 27.4 Å². The summed E-state index contributed by atoms with van der Waals surface area (Å²) in [7, 11) is 9.70. The van der Waals surface area contributed by atoms with Crippen LogP contribution in [0.4, 0.5) is 0 Å². The molecule has 0 radical (unpaired) electrons. The first kappa shape index (κ1) is 41.0.